The zero-order chi connectivity index (χ0) is 26.4. The minimum absolute atomic E-state index is 0.414. The molecule has 2 aliphatic rings. The zero-order valence-electron chi connectivity index (χ0n) is 22.8. The van der Waals surface area contributed by atoms with Crippen LogP contribution in [0.1, 0.15) is 64.3 Å². The van der Waals surface area contributed by atoms with Gasteiger partial charge in [-0.05, 0) is 33.3 Å². The molecule has 0 bridgehead atoms. The van der Waals surface area contributed by atoms with E-state index in [4.69, 9.17) is 14.5 Å². The van der Waals surface area contributed by atoms with Gasteiger partial charge in [-0.25, -0.2) is 4.99 Å². The first-order chi connectivity index (χ1) is 17.7. The number of hydrogen-bond acceptors (Lipinski definition) is 4. The molecule has 2 aliphatic heterocycles. The van der Waals surface area contributed by atoms with Crippen molar-refractivity contribution in [2.75, 3.05) is 0 Å². The van der Waals surface area contributed by atoms with Crippen molar-refractivity contribution in [2.24, 2.45) is 4.99 Å². The molecule has 0 saturated carbocycles. The molecule has 194 valence electrons. The molecule has 5 heteroatoms. The molecule has 1 saturated heterocycles. The molecule has 1 unspecified atom stereocenters. The third-order valence-corrected chi connectivity index (χ3v) is 15.4. The van der Waals surface area contributed by atoms with E-state index in [1.807, 2.05) is 66.7 Å². The second-order valence-corrected chi connectivity index (χ2v) is 17.2. The van der Waals surface area contributed by atoms with Crippen molar-refractivity contribution in [2.45, 2.75) is 81.7 Å². The number of rotatable bonds is 8. The second kappa shape index (κ2) is 9.54. The topological polar surface area (TPSA) is 51.0 Å². The van der Waals surface area contributed by atoms with E-state index < -0.39 is 31.6 Å². The van der Waals surface area contributed by atoms with Crippen molar-refractivity contribution < 1.29 is 14.6 Å². The van der Waals surface area contributed by atoms with E-state index in [-0.39, 0.29) is 0 Å². The van der Waals surface area contributed by atoms with E-state index >= 15 is 0 Å². The minimum atomic E-state index is -2.26. The van der Waals surface area contributed by atoms with E-state index in [9.17, 15) is 5.11 Å². The maximum Gasteiger partial charge on any atom is 0.269 e. The Morgan fingerprint density at radius 1 is 0.703 bits per heavy atom. The molecular weight excluding hydrogens is 474 g/mol. The van der Waals surface area contributed by atoms with Gasteiger partial charge in [0.05, 0.1) is 0 Å². The summed E-state index contributed by atoms with van der Waals surface area (Å²) in [7, 11) is -2.26. The lowest BCUT2D eigenvalue weighted by Crippen LogP contribution is -2.71. The summed E-state index contributed by atoms with van der Waals surface area (Å²) in [6.45, 7) is 13.8. The van der Waals surface area contributed by atoms with E-state index in [1.54, 1.807) is 0 Å². The lowest BCUT2D eigenvalue weighted by molar-refractivity contribution is -0.386. The third-order valence-electron chi connectivity index (χ3n) is 8.73. The first kappa shape index (κ1) is 25.9. The molecule has 5 rings (SSSR count). The Labute approximate surface area is 222 Å². The van der Waals surface area contributed by atoms with E-state index in [0.29, 0.717) is 16.6 Å². The van der Waals surface area contributed by atoms with Crippen molar-refractivity contribution in [3.05, 3.63) is 108 Å². The molecule has 3 aromatic rings. The van der Waals surface area contributed by atoms with E-state index in [1.165, 1.54) is 0 Å². The predicted molar refractivity (Wildman–Crippen MR) is 152 cm³/mol. The van der Waals surface area contributed by atoms with E-state index in [2.05, 4.69) is 65.8 Å². The summed E-state index contributed by atoms with van der Waals surface area (Å²) in [6.07, 6.45) is -0.987. The molecule has 0 amide bonds. The van der Waals surface area contributed by atoms with Crippen molar-refractivity contribution in [1.29, 1.82) is 0 Å². The number of ether oxygens (including phenoxy) is 2. The average Bonchev–Trinajstić information content (AvgIpc) is 3.20. The van der Waals surface area contributed by atoms with Crippen LogP contribution in [0, 0.1) is 0 Å². The van der Waals surface area contributed by atoms with Crippen LogP contribution in [0.3, 0.4) is 0 Å². The molecule has 3 atom stereocenters. The quantitative estimate of drug-likeness (QED) is 0.319. The number of benzene rings is 3. The van der Waals surface area contributed by atoms with Crippen molar-refractivity contribution in [3.63, 3.8) is 0 Å². The van der Waals surface area contributed by atoms with Crippen molar-refractivity contribution in [1.82, 2.24) is 0 Å². The van der Waals surface area contributed by atoms with Gasteiger partial charge in [-0.15, -0.1) is 0 Å². The molecule has 0 aliphatic carbocycles. The lowest BCUT2D eigenvalue weighted by atomic mass is 9.69. The summed E-state index contributed by atoms with van der Waals surface area (Å²) < 4.78 is 14.0. The van der Waals surface area contributed by atoms with Gasteiger partial charge in [0.2, 0.25) is 0 Å². The first-order valence-corrected chi connectivity index (χ1v) is 15.8. The van der Waals surface area contributed by atoms with Crippen LogP contribution in [0.5, 0.6) is 0 Å². The van der Waals surface area contributed by atoms with Crippen LogP contribution in [0.2, 0.25) is 16.6 Å². The Hall–Kier alpha value is -2.73. The van der Waals surface area contributed by atoms with Crippen LogP contribution < -0.4 is 0 Å². The number of nitrogens with zero attached hydrogens (tertiary/aromatic N) is 1. The Morgan fingerprint density at radius 2 is 1.14 bits per heavy atom. The second-order valence-electron chi connectivity index (χ2n) is 11.4. The largest absolute Gasteiger partial charge is 0.449 e. The smallest absolute Gasteiger partial charge is 0.269 e. The highest BCUT2D eigenvalue weighted by Crippen LogP contribution is 2.63. The van der Waals surface area contributed by atoms with Gasteiger partial charge in [0.1, 0.15) is 6.10 Å². The molecule has 0 aromatic heterocycles. The summed E-state index contributed by atoms with van der Waals surface area (Å²) in [4.78, 5) is 5.49. The molecule has 1 N–H and O–H groups in total. The fourth-order valence-electron chi connectivity index (χ4n) is 7.18. The molecule has 0 radical (unpaired) electrons. The van der Waals surface area contributed by atoms with Gasteiger partial charge in [0, 0.05) is 0 Å². The molecule has 4 nitrogen and oxygen atoms in total. The number of hydrogen-bond donors (Lipinski definition) is 1. The van der Waals surface area contributed by atoms with Gasteiger partial charge in [-0.3, -0.25) is 0 Å². The number of fused-ring (bicyclic) bond motifs is 1. The lowest BCUT2D eigenvalue weighted by Gasteiger charge is -2.58. The van der Waals surface area contributed by atoms with Crippen LogP contribution in [0.15, 0.2) is 96.0 Å². The minimum Gasteiger partial charge on any atom is -0.449 e. The van der Waals surface area contributed by atoms with Crippen LogP contribution in [-0.4, -0.2) is 30.5 Å². The predicted octanol–water partition coefficient (Wildman–Crippen LogP) is 7.41. The summed E-state index contributed by atoms with van der Waals surface area (Å²) >= 11 is 0. The Morgan fingerprint density at radius 3 is 1.57 bits per heavy atom. The van der Waals surface area contributed by atoms with Gasteiger partial charge in [0.15, 0.2) is 25.2 Å². The van der Waals surface area contributed by atoms with E-state index in [0.717, 1.165) is 22.2 Å². The third kappa shape index (κ3) is 3.66. The summed E-state index contributed by atoms with van der Waals surface area (Å²) in [5, 5.41) is 11.9. The Bertz CT molecular complexity index is 1180. The molecule has 37 heavy (non-hydrogen) atoms. The summed E-state index contributed by atoms with van der Waals surface area (Å²) in [5.74, 6) is -1.29. The molecular formula is C32H39NO3Si. The highest BCUT2D eigenvalue weighted by Gasteiger charge is 2.76. The summed E-state index contributed by atoms with van der Waals surface area (Å²) in [5.41, 5.74) is 4.02. The monoisotopic (exact) mass is 513 g/mol. The normalized spacial score (nSPS) is 23.4. The maximum atomic E-state index is 11.9. The number of aliphatic imine (C=N–C) groups is 1. The van der Waals surface area contributed by atoms with Gasteiger partial charge >= 0.3 is 0 Å². The van der Waals surface area contributed by atoms with Gasteiger partial charge in [-0.1, -0.05) is 133 Å². The van der Waals surface area contributed by atoms with Crippen molar-refractivity contribution in [3.8, 4) is 0 Å². The van der Waals surface area contributed by atoms with Gasteiger partial charge in [0.25, 0.3) is 5.79 Å². The van der Waals surface area contributed by atoms with Gasteiger partial charge < -0.3 is 14.6 Å². The molecule has 1 fully saturated rings. The average molecular weight is 514 g/mol. The number of aliphatic hydroxyl groups is 1. The molecule has 3 aromatic carbocycles. The standard InChI is InChI=1S/C32H39NO3Si/c1-22(2)37(23(3)4,24(5)6)30-33-29-31(26-18-12-8-13-19-26,27-20-14-9-15-21-27)36-32(29,35-30)28(34)25-16-10-7-11-17-25/h7-24,28-29,34H,1-6H3/t28?,29-,32+/m1/s1. The Kier molecular flexibility index (Phi) is 6.67. The fraction of sp³-hybridized carbons (Fsp3) is 0.406. The van der Waals surface area contributed by atoms with Crippen LogP contribution in [0.4, 0.5) is 0 Å². The maximum absolute atomic E-state index is 11.9. The van der Waals surface area contributed by atoms with Gasteiger partial charge in [-0.2, -0.15) is 0 Å². The zero-order valence-corrected chi connectivity index (χ0v) is 23.8. The van der Waals surface area contributed by atoms with Crippen molar-refractivity contribution >= 4 is 13.6 Å². The summed E-state index contributed by atoms with van der Waals surface area (Å²) in [6, 6.07) is 29.8. The Balaban J connectivity index is 1.75. The molecule has 2 heterocycles. The number of aliphatic hydroxyl groups excluding tert-OH is 1. The first-order valence-electron chi connectivity index (χ1n) is 13.5. The SMILES string of the molecule is CC(C)[Si](C1=N[C@@H]2C(c3ccccc3)(c3ccccc3)O[C@]2(C(O)c2ccccc2)O1)(C(C)C)C(C)C. The van der Waals surface area contributed by atoms with Crippen LogP contribution >= 0.6 is 0 Å². The van der Waals surface area contributed by atoms with Crippen LogP contribution in [0.25, 0.3) is 0 Å². The molecule has 0 spiro atoms. The highest BCUT2D eigenvalue weighted by atomic mass is 28.3. The van der Waals surface area contributed by atoms with Crippen LogP contribution in [-0.2, 0) is 15.1 Å². The fourth-order valence-corrected chi connectivity index (χ4v) is 13.4. The highest BCUT2D eigenvalue weighted by molar-refractivity contribution is 7.08.